The van der Waals surface area contributed by atoms with Gasteiger partial charge in [-0.3, -0.25) is 9.36 Å². The van der Waals surface area contributed by atoms with Crippen LogP contribution in [0.15, 0.2) is 84.0 Å². The second-order valence-corrected chi connectivity index (χ2v) is 8.77. The molecule has 1 heterocycles. The average molecular weight is 509 g/mol. The van der Waals surface area contributed by atoms with Gasteiger partial charge in [0.15, 0.2) is 17.1 Å². The number of carbonyl (C=O) groups is 2. The van der Waals surface area contributed by atoms with E-state index >= 15 is 0 Å². The number of nitrogens with zero attached hydrogens (tertiary/aromatic N) is 3. The summed E-state index contributed by atoms with van der Waals surface area (Å²) in [7, 11) is 0. The normalized spacial score (nSPS) is 11.6. The number of para-hydroxylation sites is 2. The summed E-state index contributed by atoms with van der Waals surface area (Å²) in [5.41, 5.74) is 1.32. The first-order valence-electron chi connectivity index (χ1n) is 10.6. The Kier molecular flexibility index (Phi) is 7.69. The van der Waals surface area contributed by atoms with Crippen LogP contribution < -0.4 is 10.1 Å². The molecule has 4 rings (SSSR count). The van der Waals surface area contributed by atoms with Crippen LogP contribution in [0.2, 0.25) is 5.02 Å². The lowest BCUT2D eigenvalue weighted by molar-refractivity contribution is -0.113. The Morgan fingerprint density at radius 3 is 2.54 bits per heavy atom. The van der Waals surface area contributed by atoms with Crippen molar-refractivity contribution in [2.24, 2.45) is 0 Å². The first kappa shape index (κ1) is 24.3. The van der Waals surface area contributed by atoms with Gasteiger partial charge in [0, 0.05) is 11.4 Å². The number of halogens is 1. The van der Waals surface area contributed by atoms with E-state index in [9.17, 15) is 9.59 Å². The number of hydrogen-bond donors (Lipinski definition) is 2. The van der Waals surface area contributed by atoms with Gasteiger partial charge in [-0.25, -0.2) is 4.79 Å². The second kappa shape index (κ2) is 11.1. The van der Waals surface area contributed by atoms with Crippen LogP contribution in [0.5, 0.6) is 5.75 Å². The van der Waals surface area contributed by atoms with Gasteiger partial charge in [0.05, 0.1) is 16.3 Å². The highest BCUT2D eigenvalue weighted by Gasteiger charge is 2.22. The SMILES string of the molecule is CC(Oc1ccccc1Cl)c1nnc(SCC(=O)Nc2cccc(C(=O)O)c2)n1-c1ccccc1. The summed E-state index contributed by atoms with van der Waals surface area (Å²) in [4.78, 5) is 23.7. The third kappa shape index (κ3) is 6.00. The molecule has 1 aromatic heterocycles. The van der Waals surface area contributed by atoms with Crippen LogP contribution in [0.4, 0.5) is 5.69 Å². The maximum atomic E-state index is 12.6. The molecule has 3 aromatic carbocycles. The van der Waals surface area contributed by atoms with Crippen molar-refractivity contribution in [2.75, 3.05) is 11.1 Å². The number of hydrogen-bond acceptors (Lipinski definition) is 6. The first-order chi connectivity index (χ1) is 16.9. The first-order valence-corrected chi connectivity index (χ1v) is 12.0. The minimum absolute atomic E-state index is 0.0437. The molecule has 0 aliphatic rings. The van der Waals surface area contributed by atoms with Gasteiger partial charge in [-0.15, -0.1) is 10.2 Å². The number of ether oxygens (including phenoxy) is 1. The number of carboxylic acids is 1. The smallest absolute Gasteiger partial charge is 0.335 e. The predicted molar refractivity (Wildman–Crippen MR) is 135 cm³/mol. The van der Waals surface area contributed by atoms with Crippen LogP contribution >= 0.6 is 23.4 Å². The highest BCUT2D eigenvalue weighted by molar-refractivity contribution is 7.99. The number of benzene rings is 3. The Bertz CT molecular complexity index is 1350. The fraction of sp³-hybridized carbons (Fsp3) is 0.120. The molecule has 0 spiro atoms. The van der Waals surface area contributed by atoms with Crippen molar-refractivity contribution in [3.05, 3.63) is 95.3 Å². The standard InChI is InChI=1S/C25H21ClN4O4S/c1-16(34-21-13-6-5-12-20(21)26)23-28-29-25(30(23)19-10-3-2-4-11-19)35-15-22(31)27-18-9-7-8-17(14-18)24(32)33/h2-14,16H,15H2,1H3,(H,27,31)(H,32,33). The van der Waals surface area contributed by atoms with Crippen molar-refractivity contribution in [3.8, 4) is 11.4 Å². The minimum atomic E-state index is -1.06. The highest BCUT2D eigenvalue weighted by Crippen LogP contribution is 2.31. The number of anilines is 1. The van der Waals surface area contributed by atoms with Gasteiger partial charge >= 0.3 is 5.97 Å². The Hall–Kier alpha value is -3.82. The number of aromatic nitrogens is 3. The molecule has 0 aliphatic carbocycles. The topological polar surface area (TPSA) is 106 Å². The molecular formula is C25H21ClN4O4S. The van der Waals surface area contributed by atoms with Crippen molar-refractivity contribution in [2.45, 2.75) is 18.2 Å². The molecule has 0 saturated heterocycles. The van der Waals surface area contributed by atoms with Crippen LogP contribution in [0, 0.1) is 0 Å². The molecule has 2 N–H and O–H groups in total. The summed E-state index contributed by atoms with van der Waals surface area (Å²) < 4.78 is 7.89. The summed E-state index contributed by atoms with van der Waals surface area (Å²) >= 11 is 7.45. The molecule has 0 radical (unpaired) electrons. The lowest BCUT2D eigenvalue weighted by atomic mass is 10.2. The van der Waals surface area contributed by atoms with Crippen LogP contribution in [0.1, 0.15) is 29.2 Å². The maximum Gasteiger partial charge on any atom is 0.335 e. The van der Waals surface area contributed by atoms with E-state index in [1.165, 1.54) is 23.9 Å². The van der Waals surface area contributed by atoms with E-state index in [1.54, 1.807) is 24.3 Å². The zero-order valence-corrected chi connectivity index (χ0v) is 20.2. The third-order valence-corrected chi connectivity index (χ3v) is 6.14. The quantitative estimate of drug-likeness (QED) is 0.288. The van der Waals surface area contributed by atoms with Crippen LogP contribution in [0.3, 0.4) is 0 Å². The number of aromatic carboxylic acids is 1. The van der Waals surface area contributed by atoms with Gasteiger partial charge in [-0.05, 0) is 49.4 Å². The largest absolute Gasteiger partial charge is 0.481 e. The molecule has 0 aliphatic heterocycles. The van der Waals surface area contributed by atoms with E-state index in [2.05, 4.69) is 15.5 Å². The molecule has 8 nitrogen and oxygen atoms in total. The Morgan fingerprint density at radius 1 is 1.06 bits per heavy atom. The zero-order chi connectivity index (χ0) is 24.8. The molecule has 0 fully saturated rings. The Morgan fingerprint density at radius 2 is 1.80 bits per heavy atom. The molecule has 1 unspecified atom stereocenters. The molecule has 10 heteroatoms. The number of carboxylic acid groups (broad SMARTS) is 1. The lowest BCUT2D eigenvalue weighted by Gasteiger charge is -2.17. The molecule has 0 saturated carbocycles. The van der Waals surface area contributed by atoms with E-state index in [0.29, 0.717) is 27.4 Å². The number of amides is 1. The zero-order valence-electron chi connectivity index (χ0n) is 18.6. The maximum absolute atomic E-state index is 12.6. The van der Waals surface area contributed by atoms with E-state index in [1.807, 2.05) is 54.0 Å². The van der Waals surface area contributed by atoms with Gasteiger partial charge in [-0.1, -0.05) is 59.8 Å². The fourth-order valence-corrected chi connectivity index (χ4v) is 4.24. The van der Waals surface area contributed by atoms with Gasteiger partial charge in [0.1, 0.15) is 5.75 Å². The average Bonchev–Trinajstić information content (AvgIpc) is 3.29. The summed E-state index contributed by atoms with van der Waals surface area (Å²) in [6, 6.07) is 22.8. The van der Waals surface area contributed by atoms with Gasteiger partial charge in [0.25, 0.3) is 0 Å². The summed E-state index contributed by atoms with van der Waals surface area (Å²) in [5.74, 6) is -0.244. The molecule has 178 valence electrons. The second-order valence-electron chi connectivity index (χ2n) is 7.43. The number of nitrogens with one attached hydrogen (secondary N) is 1. The summed E-state index contributed by atoms with van der Waals surface area (Å²) in [6.45, 7) is 1.85. The van der Waals surface area contributed by atoms with Gasteiger partial charge < -0.3 is 15.2 Å². The Balaban J connectivity index is 1.53. The predicted octanol–water partition coefficient (Wildman–Crippen LogP) is 5.49. The highest BCUT2D eigenvalue weighted by atomic mass is 35.5. The van der Waals surface area contributed by atoms with Crippen molar-refractivity contribution >= 4 is 40.9 Å². The Labute approximate surface area is 210 Å². The van der Waals surface area contributed by atoms with Crippen LogP contribution in [0.25, 0.3) is 5.69 Å². The molecule has 1 atom stereocenters. The van der Waals surface area contributed by atoms with Crippen molar-refractivity contribution in [1.29, 1.82) is 0 Å². The van der Waals surface area contributed by atoms with Gasteiger partial charge in [-0.2, -0.15) is 0 Å². The van der Waals surface area contributed by atoms with Gasteiger partial charge in [0.2, 0.25) is 5.91 Å². The van der Waals surface area contributed by atoms with E-state index < -0.39 is 12.1 Å². The van der Waals surface area contributed by atoms with E-state index in [4.69, 9.17) is 21.4 Å². The van der Waals surface area contributed by atoms with Crippen LogP contribution in [-0.4, -0.2) is 37.5 Å². The monoisotopic (exact) mass is 508 g/mol. The van der Waals surface area contributed by atoms with E-state index in [-0.39, 0.29) is 17.2 Å². The summed E-state index contributed by atoms with van der Waals surface area (Å²) in [6.07, 6.45) is -0.482. The number of thioether (sulfide) groups is 1. The molecule has 1 amide bonds. The minimum Gasteiger partial charge on any atom is -0.481 e. The molecule has 0 bridgehead atoms. The van der Waals surface area contributed by atoms with Crippen molar-refractivity contribution in [3.63, 3.8) is 0 Å². The van der Waals surface area contributed by atoms with Crippen LogP contribution in [-0.2, 0) is 4.79 Å². The lowest BCUT2D eigenvalue weighted by Crippen LogP contribution is -2.15. The molecular weight excluding hydrogens is 488 g/mol. The molecule has 4 aromatic rings. The third-order valence-electron chi connectivity index (χ3n) is 4.90. The molecule has 35 heavy (non-hydrogen) atoms. The fourth-order valence-electron chi connectivity index (χ4n) is 3.30. The summed E-state index contributed by atoms with van der Waals surface area (Å²) in [5, 5.41) is 21.5. The van der Waals surface area contributed by atoms with E-state index in [0.717, 1.165) is 5.69 Å². The van der Waals surface area contributed by atoms with Crippen molar-refractivity contribution in [1.82, 2.24) is 14.8 Å². The van der Waals surface area contributed by atoms with Crippen molar-refractivity contribution < 1.29 is 19.4 Å². The number of rotatable bonds is 9. The number of carbonyl (C=O) groups excluding carboxylic acids is 1.